The average molecular weight is 302 g/mol. The predicted molar refractivity (Wildman–Crippen MR) is 83.7 cm³/mol. The van der Waals surface area contributed by atoms with E-state index in [2.05, 4.69) is 0 Å². The number of benzene rings is 1. The number of hydrogen-bond acceptors (Lipinski definition) is 4. The van der Waals surface area contributed by atoms with E-state index in [4.69, 9.17) is 5.73 Å². The van der Waals surface area contributed by atoms with Gasteiger partial charge in [0, 0.05) is 24.5 Å². The van der Waals surface area contributed by atoms with Crippen molar-refractivity contribution < 1.29 is 8.42 Å². The summed E-state index contributed by atoms with van der Waals surface area (Å²) in [6.07, 6.45) is 2.79. The Morgan fingerprint density at radius 3 is 2.53 bits per heavy atom. The molecule has 0 saturated heterocycles. The number of rotatable bonds is 7. The zero-order valence-corrected chi connectivity index (χ0v) is 13.3. The van der Waals surface area contributed by atoms with Crippen molar-refractivity contribution in [2.45, 2.75) is 25.1 Å². The summed E-state index contributed by atoms with van der Waals surface area (Å²) in [6, 6.07) is 7.13. The van der Waals surface area contributed by atoms with E-state index in [1.54, 1.807) is 43.1 Å². The number of sulfonamides is 1. The second kappa shape index (κ2) is 7.17. The Morgan fingerprint density at radius 1 is 1.37 bits per heavy atom. The van der Waals surface area contributed by atoms with Crippen LogP contribution in [0.5, 0.6) is 0 Å². The summed E-state index contributed by atoms with van der Waals surface area (Å²) in [5.41, 5.74) is 6.99. The van der Waals surface area contributed by atoms with Crippen LogP contribution in [-0.4, -0.2) is 37.8 Å². The minimum Gasteiger partial charge on any atom is -0.398 e. The van der Waals surface area contributed by atoms with Crippen molar-refractivity contribution in [2.24, 2.45) is 0 Å². The third kappa shape index (κ3) is 4.40. The van der Waals surface area contributed by atoms with Crippen molar-refractivity contribution in [1.29, 1.82) is 0 Å². The SMILES string of the molecule is CCC(CSC)N(C)S(=O)(=O)Cc1ccccc1N. The fourth-order valence-electron chi connectivity index (χ4n) is 1.86. The molecule has 0 amide bonds. The summed E-state index contributed by atoms with van der Waals surface area (Å²) in [6.45, 7) is 2.00. The molecule has 0 heterocycles. The van der Waals surface area contributed by atoms with E-state index in [1.807, 2.05) is 13.2 Å². The predicted octanol–water partition coefficient (Wildman–Crippen LogP) is 2.17. The fourth-order valence-corrected chi connectivity index (χ4v) is 4.34. The van der Waals surface area contributed by atoms with Gasteiger partial charge in [0.05, 0.1) is 5.75 Å². The minimum absolute atomic E-state index is 0.0323. The number of anilines is 1. The fraction of sp³-hybridized carbons (Fsp3) is 0.538. The lowest BCUT2D eigenvalue weighted by Crippen LogP contribution is -2.39. The number of nitrogens with zero attached hydrogens (tertiary/aromatic N) is 1. The van der Waals surface area contributed by atoms with Crippen LogP contribution in [0.1, 0.15) is 18.9 Å². The highest BCUT2D eigenvalue weighted by atomic mass is 32.2. The van der Waals surface area contributed by atoms with Gasteiger partial charge < -0.3 is 5.73 Å². The molecule has 0 bridgehead atoms. The smallest absolute Gasteiger partial charge is 0.218 e. The highest BCUT2D eigenvalue weighted by molar-refractivity contribution is 7.98. The molecule has 1 atom stereocenters. The van der Waals surface area contributed by atoms with Crippen molar-refractivity contribution in [3.05, 3.63) is 29.8 Å². The number of thioether (sulfide) groups is 1. The highest BCUT2D eigenvalue weighted by Crippen LogP contribution is 2.19. The molecule has 0 aliphatic heterocycles. The van der Waals surface area contributed by atoms with Crippen LogP contribution in [0, 0.1) is 0 Å². The lowest BCUT2D eigenvalue weighted by molar-refractivity contribution is 0.385. The molecular weight excluding hydrogens is 280 g/mol. The van der Waals surface area contributed by atoms with E-state index in [1.165, 1.54) is 4.31 Å². The molecule has 1 aromatic carbocycles. The van der Waals surface area contributed by atoms with E-state index in [9.17, 15) is 8.42 Å². The summed E-state index contributed by atoms with van der Waals surface area (Å²) in [4.78, 5) is 0. The van der Waals surface area contributed by atoms with Gasteiger partial charge in [-0.3, -0.25) is 0 Å². The molecule has 0 aliphatic carbocycles. The quantitative estimate of drug-likeness (QED) is 0.784. The minimum atomic E-state index is -3.33. The molecule has 0 aromatic heterocycles. The van der Waals surface area contributed by atoms with Gasteiger partial charge in [-0.2, -0.15) is 11.8 Å². The maximum Gasteiger partial charge on any atom is 0.218 e. The van der Waals surface area contributed by atoms with Gasteiger partial charge in [0.2, 0.25) is 10.0 Å². The summed E-state index contributed by atoms with van der Waals surface area (Å²) in [5, 5.41) is 0. The first-order valence-electron chi connectivity index (χ1n) is 6.20. The molecular formula is C13H22N2O2S2. The van der Waals surface area contributed by atoms with Crippen LogP contribution >= 0.6 is 11.8 Å². The Morgan fingerprint density at radius 2 is 2.00 bits per heavy atom. The topological polar surface area (TPSA) is 63.4 Å². The summed E-state index contributed by atoms with van der Waals surface area (Å²) in [5.74, 6) is 0.761. The van der Waals surface area contributed by atoms with Crippen molar-refractivity contribution >= 4 is 27.5 Å². The molecule has 1 aromatic rings. The zero-order valence-electron chi connectivity index (χ0n) is 11.7. The van der Waals surface area contributed by atoms with Gasteiger partial charge >= 0.3 is 0 Å². The van der Waals surface area contributed by atoms with Crippen molar-refractivity contribution in [2.75, 3.05) is 24.8 Å². The molecule has 2 N–H and O–H groups in total. The second-order valence-corrected chi connectivity index (χ2v) is 7.43. The Balaban J connectivity index is 2.89. The number of nitrogen functional groups attached to an aromatic ring is 1. The molecule has 0 aliphatic rings. The average Bonchev–Trinajstić information content (AvgIpc) is 2.37. The first kappa shape index (κ1) is 16.3. The first-order chi connectivity index (χ1) is 8.92. The van der Waals surface area contributed by atoms with Crippen LogP contribution in [0.3, 0.4) is 0 Å². The van der Waals surface area contributed by atoms with Crippen LogP contribution in [0.15, 0.2) is 24.3 Å². The van der Waals surface area contributed by atoms with Gasteiger partial charge in [0.15, 0.2) is 0 Å². The van der Waals surface area contributed by atoms with Crippen molar-refractivity contribution in [3.8, 4) is 0 Å². The van der Waals surface area contributed by atoms with Gasteiger partial charge in [0.1, 0.15) is 0 Å². The number of hydrogen-bond donors (Lipinski definition) is 1. The second-order valence-electron chi connectivity index (χ2n) is 4.49. The van der Waals surface area contributed by atoms with E-state index < -0.39 is 10.0 Å². The van der Waals surface area contributed by atoms with Crippen molar-refractivity contribution in [3.63, 3.8) is 0 Å². The molecule has 0 saturated carbocycles. The zero-order chi connectivity index (χ0) is 14.5. The standard InChI is InChI=1S/C13H22N2O2S2/c1-4-12(9-18-3)15(2)19(16,17)10-11-7-5-6-8-13(11)14/h5-8,12H,4,9-10,14H2,1-3H3. The lowest BCUT2D eigenvalue weighted by atomic mass is 10.2. The molecule has 19 heavy (non-hydrogen) atoms. The van der Waals surface area contributed by atoms with Crippen LogP contribution in [-0.2, 0) is 15.8 Å². The first-order valence-corrected chi connectivity index (χ1v) is 9.20. The van der Waals surface area contributed by atoms with E-state index in [0.717, 1.165) is 12.2 Å². The Labute approximate surface area is 120 Å². The largest absolute Gasteiger partial charge is 0.398 e. The third-order valence-electron chi connectivity index (χ3n) is 3.18. The number of nitrogens with two attached hydrogens (primary N) is 1. The maximum absolute atomic E-state index is 12.4. The molecule has 4 nitrogen and oxygen atoms in total. The third-order valence-corrected chi connectivity index (χ3v) is 5.75. The van der Waals surface area contributed by atoms with Crippen molar-refractivity contribution in [1.82, 2.24) is 4.31 Å². The molecule has 0 fully saturated rings. The summed E-state index contributed by atoms with van der Waals surface area (Å²) in [7, 11) is -1.68. The normalized spacial score (nSPS) is 13.7. The summed E-state index contributed by atoms with van der Waals surface area (Å²) < 4.78 is 26.3. The van der Waals surface area contributed by atoms with Gasteiger partial charge in [-0.15, -0.1) is 0 Å². The van der Waals surface area contributed by atoms with Gasteiger partial charge in [-0.1, -0.05) is 25.1 Å². The van der Waals surface area contributed by atoms with Gasteiger partial charge in [0.25, 0.3) is 0 Å². The molecule has 1 rings (SSSR count). The van der Waals surface area contributed by atoms with Crippen LogP contribution in [0.25, 0.3) is 0 Å². The molecule has 108 valence electrons. The number of para-hydroxylation sites is 1. The Bertz CT molecular complexity index is 503. The van der Waals surface area contributed by atoms with Crippen LogP contribution in [0.4, 0.5) is 5.69 Å². The summed E-state index contributed by atoms with van der Waals surface area (Å²) >= 11 is 1.66. The van der Waals surface area contributed by atoms with Crippen LogP contribution < -0.4 is 5.73 Å². The molecule has 0 radical (unpaired) electrons. The van der Waals surface area contributed by atoms with Gasteiger partial charge in [-0.25, -0.2) is 12.7 Å². The van der Waals surface area contributed by atoms with E-state index in [0.29, 0.717) is 11.3 Å². The Hall–Kier alpha value is -0.720. The Kier molecular flexibility index (Phi) is 6.16. The molecule has 0 spiro atoms. The monoisotopic (exact) mass is 302 g/mol. The van der Waals surface area contributed by atoms with Crippen LogP contribution in [0.2, 0.25) is 0 Å². The van der Waals surface area contributed by atoms with E-state index in [-0.39, 0.29) is 11.8 Å². The molecule has 6 heteroatoms. The highest BCUT2D eigenvalue weighted by Gasteiger charge is 2.25. The van der Waals surface area contributed by atoms with Gasteiger partial charge in [-0.05, 0) is 24.3 Å². The lowest BCUT2D eigenvalue weighted by Gasteiger charge is -2.26. The van der Waals surface area contributed by atoms with E-state index >= 15 is 0 Å². The maximum atomic E-state index is 12.4. The molecule has 1 unspecified atom stereocenters.